The van der Waals surface area contributed by atoms with E-state index >= 15 is 0 Å². The van der Waals surface area contributed by atoms with E-state index in [4.69, 9.17) is 16.3 Å². The maximum absolute atomic E-state index is 12.5. The SMILES string of the molecule is CCN(CC)S(=O)(=O)c1ccc(C(C)NC(=O)COc2ccc(Cl)cc2)cc1. The van der Waals surface area contributed by atoms with Gasteiger partial charge in [0.15, 0.2) is 6.61 Å². The summed E-state index contributed by atoms with van der Waals surface area (Å²) in [5.41, 5.74) is 0.804. The van der Waals surface area contributed by atoms with Gasteiger partial charge in [-0.15, -0.1) is 0 Å². The molecule has 0 saturated heterocycles. The summed E-state index contributed by atoms with van der Waals surface area (Å²) in [6.07, 6.45) is 0. The van der Waals surface area contributed by atoms with Crippen molar-refractivity contribution in [3.8, 4) is 5.75 Å². The zero-order chi connectivity index (χ0) is 20.7. The Kier molecular flexibility index (Phi) is 7.86. The largest absolute Gasteiger partial charge is 0.484 e. The first-order valence-corrected chi connectivity index (χ1v) is 10.9. The summed E-state index contributed by atoms with van der Waals surface area (Å²) >= 11 is 5.81. The molecule has 1 atom stereocenters. The zero-order valence-corrected chi connectivity index (χ0v) is 17.8. The number of amides is 1. The summed E-state index contributed by atoms with van der Waals surface area (Å²) in [7, 11) is -3.49. The van der Waals surface area contributed by atoms with Crippen molar-refractivity contribution in [3.63, 3.8) is 0 Å². The van der Waals surface area contributed by atoms with Crippen LogP contribution < -0.4 is 10.1 Å². The molecule has 0 aliphatic carbocycles. The Morgan fingerprint density at radius 2 is 1.64 bits per heavy atom. The number of sulfonamides is 1. The summed E-state index contributed by atoms with van der Waals surface area (Å²) in [4.78, 5) is 12.3. The van der Waals surface area contributed by atoms with E-state index in [1.54, 1.807) is 62.4 Å². The van der Waals surface area contributed by atoms with Crippen LogP contribution in [0.3, 0.4) is 0 Å². The van der Waals surface area contributed by atoms with Gasteiger partial charge in [-0.1, -0.05) is 37.6 Å². The van der Waals surface area contributed by atoms with Gasteiger partial charge in [0, 0.05) is 18.1 Å². The van der Waals surface area contributed by atoms with Gasteiger partial charge in [0.05, 0.1) is 10.9 Å². The van der Waals surface area contributed by atoms with Gasteiger partial charge in [-0.05, 0) is 48.9 Å². The van der Waals surface area contributed by atoms with E-state index in [1.807, 2.05) is 6.92 Å². The lowest BCUT2D eigenvalue weighted by Gasteiger charge is -2.19. The van der Waals surface area contributed by atoms with Crippen LogP contribution in [-0.4, -0.2) is 38.3 Å². The van der Waals surface area contributed by atoms with Crippen LogP contribution in [0, 0.1) is 0 Å². The van der Waals surface area contributed by atoms with Gasteiger partial charge in [-0.2, -0.15) is 4.31 Å². The molecule has 0 aliphatic rings. The van der Waals surface area contributed by atoms with Crippen LogP contribution in [0.4, 0.5) is 0 Å². The van der Waals surface area contributed by atoms with E-state index in [1.165, 1.54) is 4.31 Å². The van der Waals surface area contributed by atoms with Crippen LogP contribution in [0.25, 0.3) is 0 Å². The molecule has 152 valence electrons. The fourth-order valence-corrected chi connectivity index (χ4v) is 4.27. The number of ether oxygens (including phenoxy) is 1. The Balaban J connectivity index is 1.95. The normalized spacial score (nSPS) is 12.6. The molecule has 0 aromatic heterocycles. The van der Waals surface area contributed by atoms with E-state index in [0.717, 1.165) is 5.56 Å². The number of hydrogen-bond acceptors (Lipinski definition) is 4. The minimum absolute atomic E-state index is 0.125. The van der Waals surface area contributed by atoms with Gasteiger partial charge in [-0.25, -0.2) is 8.42 Å². The first kappa shape index (κ1) is 22.2. The highest BCUT2D eigenvalue weighted by Crippen LogP contribution is 2.20. The van der Waals surface area contributed by atoms with Crippen molar-refractivity contribution in [2.75, 3.05) is 19.7 Å². The molecule has 1 N–H and O–H groups in total. The predicted molar refractivity (Wildman–Crippen MR) is 110 cm³/mol. The first-order chi connectivity index (χ1) is 13.3. The molecule has 0 spiro atoms. The summed E-state index contributed by atoms with van der Waals surface area (Å²) in [5.74, 6) is 0.278. The van der Waals surface area contributed by atoms with Gasteiger partial charge in [0.1, 0.15) is 5.75 Å². The van der Waals surface area contributed by atoms with Crippen molar-refractivity contribution in [2.45, 2.75) is 31.7 Å². The Hall–Kier alpha value is -2.09. The highest BCUT2D eigenvalue weighted by molar-refractivity contribution is 7.89. The monoisotopic (exact) mass is 424 g/mol. The van der Waals surface area contributed by atoms with E-state index < -0.39 is 10.0 Å². The van der Waals surface area contributed by atoms with Crippen LogP contribution in [0.2, 0.25) is 5.02 Å². The van der Waals surface area contributed by atoms with Gasteiger partial charge in [0.2, 0.25) is 10.0 Å². The highest BCUT2D eigenvalue weighted by Gasteiger charge is 2.21. The third-order valence-corrected chi connectivity index (χ3v) is 6.60. The van der Waals surface area contributed by atoms with Crippen molar-refractivity contribution in [1.29, 1.82) is 0 Å². The molecular weight excluding hydrogens is 400 g/mol. The summed E-state index contributed by atoms with van der Waals surface area (Å²) in [6.45, 7) is 6.15. The number of benzene rings is 2. The third-order valence-electron chi connectivity index (χ3n) is 4.28. The second kappa shape index (κ2) is 9.91. The second-order valence-corrected chi connectivity index (χ2v) is 8.56. The average Bonchev–Trinajstić information content (AvgIpc) is 2.68. The summed E-state index contributed by atoms with van der Waals surface area (Å²) in [6, 6.07) is 13.0. The number of hydrogen-bond donors (Lipinski definition) is 1. The van der Waals surface area contributed by atoms with Crippen molar-refractivity contribution in [2.24, 2.45) is 0 Å². The Morgan fingerprint density at radius 3 is 2.18 bits per heavy atom. The lowest BCUT2D eigenvalue weighted by molar-refractivity contribution is -0.123. The minimum atomic E-state index is -3.49. The van der Waals surface area contributed by atoms with Crippen molar-refractivity contribution < 1.29 is 17.9 Å². The molecule has 0 bridgehead atoms. The molecule has 0 saturated carbocycles. The van der Waals surface area contributed by atoms with Crippen molar-refractivity contribution >= 4 is 27.5 Å². The number of rotatable bonds is 9. The number of carbonyl (C=O) groups excluding carboxylic acids is 1. The maximum atomic E-state index is 12.5. The Bertz CT molecular complexity index is 879. The van der Waals surface area contributed by atoms with Crippen LogP contribution in [0.1, 0.15) is 32.4 Å². The van der Waals surface area contributed by atoms with Gasteiger partial charge < -0.3 is 10.1 Å². The Morgan fingerprint density at radius 1 is 1.07 bits per heavy atom. The molecule has 2 rings (SSSR count). The number of carbonyl (C=O) groups is 1. The van der Waals surface area contributed by atoms with Crippen LogP contribution in [-0.2, 0) is 14.8 Å². The topological polar surface area (TPSA) is 75.7 Å². The highest BCUT2D eigenvalue weighted by atomic mass is 35.5. The summed E-state index contributed by atoms with van der Waals surface area (Å²) in [5, 5.41) is 3.43. The van der Waals surface area contributed by atoms with Gasteiger partial charge >= 0.3 is 0 Å². The molecule has 6 nitrogen and oxygen atoms in total. The van der Waals surface area contributed by atoms with Crippen LogP contribution >= 0.6 is 11.6 Å². The average molecular weight is 425 g/mol. The van der Waals surface area contributed by atoms with Gasteiger partial charge in [-0.3, -0.25) is 4.79 Å². The lowest BCUT2D eigenvalue weighted by atomic mass is 10.1. The molecule has 0 heterocycles. The number of nitrogens with zero attached hydrogens (tertiary/aromatic N) is 1. The maximum Gasteiger partial charge on any atom is 0.258 e. The molecular formula is C20H25ClN2O4S. The molecule has 0 fully saturated rings. The molecule has 1 unspecified atom stereocenters. The van der Waals surface area contributed by atoms with Crippen LogP contribution in [0.15, 0.2) is 53.4 Å². The fourth-order valence-electron chi connectivity index (χ4n) is 2.69. The molecule has 0 aliphatic heterocycles. The van der Waals surface area contributed by atoms with Crippen LogP contribution in [0.5, 0.6) is 5.75 Å². The Labute approximate surface area is 171 Å². The van der Waals surface area contributed by atoms with Crippen molar-refractivity contribution in [3.05, 3.63) is 59.1 Å². The quantitative estimate of drug-likeness (QED) is 0.667. The van der Waals surface area contributed by atoms with E-state index in [9.17, 15) is 13.2 Å². The summed E-state index contributed by atoms with van der Waals surface area (Å²) < 4.78 is 31.9. The predicted octanol–water partition coefficient (Wildman–Crippen LogP) is 3.63. The third kappa shape index (κ3) is 5.70. The van der Waals surface area contributed by atoms with E-state index in [-0.39, 0.29) is 23.5 Å². The molecule has 2 aromatic rings. The standard InChI is InChI=1S/C20H25ClN2O4S/c1-4-23(5-2)28(25,26)19-12-6-16(7-13-19)15(3)22-20(24)14-27-18-10-8-17(21)9-11-18/h6-13,15H,4-5,14H2,1-3H3,(H,22,24). The van der Waals surface area contributed by atoms with Gasteiger partial charge in [0.25, 0.3) is 5.91 Å². The molecule has 8 heteroatoms. The van der Waals surface area contributed by atoms with E-state index in [0.29, 0.717) is 23.9 Å². The second-order valence-electron chi connectivity index (χ2n) is 6.19. The zero-order valence-electron chi connectivity index (χ0n) is 16.2. The molecule has 2 aromatic carbocycles. The number of halogens is 1. The van der Waals surface area contributed by atoms with Crippen molar-refractivity contribution in [1.82, 2.24) is 9.62 Å². The lowest BCUT2D eigenvalue weighted by Crippen LogP contribution is -2.31. The molecule has 0 radical (unpaired) electrons. The molecule has 28 heavy (non-hydrogen) atoms. The number of nitrogens with one attached hydrogen (secondary N) is 1. The van der Waals surface area contributed by atoms with E-state index in [2.05, 4.69) is 5.32 Å². The first-order valence-electron chi connectivity index (χ1n) is 9.05. The molecule has 1 amide bonds. The fraction of sp³-hybridized carbons (Fsp3) is 0.350. The minimum Gasteiger partial charge on any atom is -0.484 e. The smallest absolute Gasteiger partial charge is 0.258 e.